The first-order valence-corrected chi connectivity index (χ1v) is 7.96. The number of ether oxygens (including phenoxy) is 1. The van der Waals surface area contributed by atoms with Crippen LogP contribution in [0, 0.1) is 6.92 Å². The van der Waals surface area contributed by atoms with Gasteiger partial charge in [0.25, 0.3) is 5.91 Å². The molecule has 0 aliphatic carbocycles. The van der Waals surface area contributed by atoms with Crippen LogP contribution in [0.4, 0.5) is 11.4 Å². The number of rotatable bonds is 5. The Hall–Kier alpha value is -3.09. The van der Waals surface area contributed by atoms with Gasteiger partial charge in [-0.3, -0.25) is 9.59 Å². The van der Waals surface area contributed by atoms with Gasteiger partial charge in [-0.1, -0.05) is 0 Å². The fourth-order valence-electron chi connectivity index (χ4n) is 2.65. The molecule has 2 amide bonds. The number of nitrogens with zero attached hydrogens (tertiary/aromatic N) is 1. The van der Waals surface area contributed by atoms with Gasteiger partial charge in [0, 0.05) is 24.3 Å². The Labute approximate surface area is 144 Å². The summed E-state index contributed by atoms with van der Waals surface area (Å²) in [5.41, 5.74) is 1.67. The molecular weight excluding hydrogens is 324 g/mol. The summed E-state index contributed by atoms with van der Waals surface area (Å²) >= 11 is 0. The standard InChI is InChI=1S/C18H18N2O5/c1-12-15(8-10-24-12)18(23)25-11-16(21)19-13-4-6-14(7-5-13)20-9-2-3-17(20)22/h4-8,10H,2-3,9,11H2,1H3,(H,19,21). The number of aryl methyl sites for hydroxylation is 1. The Kier molecular flexibility index (Phi) is 4.83. The summed E-state index contributed by atoms with van der Waals surface area (Å²) in [5, 5.41) is 2.64. The summed E-state index contributed by atoms with van der Waals surface area (Å²) in [6.45, 7) is 1.97. The van der Waals surface area contributed by atoms with Crippen molar-refractivity contribution in [2.45, 2.75) is 19.8 Å². The number of hydrogen-bond donors (Lipinski definition) is 1. The van der Waals surface area contributed by atoms with Crippen LogP contribution in [0.1, 0.15) is 29.0 Å². The molecule has 0 atom stereocenters. The molecular formula is C18H18N2O5. The third-order valence-electron chi connectivity index (χ3n) is 3.95. The number of amides is 2. The van der Waals surface area contributed by atoms with Crippen molar-refractivity contribution in [3.63, 3.8) is 0 Å². The van der Waals surface area contributed by atoms with Crippen LogP contribution in [0.2, 0.25) is 0 Å². The van der Waals surface area contributed by atoms with Crippen molar-refractivity contribution >= 4 is 29.2 Å². The molecule has 1 aromatic carbocycles. The predicted octanol–water partition coefficient (Wildman–Crippen LogP) is 2.51. The molecule has 1 N–H and O–H groups in total. The van der Waals surface area contributed by atoms with Crippen LogP contribution in [0.25, 0.3) is 0 Å². The average molecular weight is 342 g/mol. The van der Waals surface area contributed by atoms with E-state index in [1.165, 1.54) is 12.3 Å². The first kappa shape index (κ1) is 16.8. The highest BCUT2D eigenvalue weighted by molar-refractivity contribution is 5.97. The molecule has 0 spiro atoms. The molecule has 1 fully saturated rings. The van der Waals surface area contributed by atoms with Gasteiger partial charge in [-0.2, -0.15) is 0 Å². The molecule has 1 aliphatic heterocycles. The highest BCUT2D eigenvalue weighted by atomic mass is 16.5. The maximum absolute atomic E-state index is 11.9. The largest absolute Gasteiger partial charge is 0.469 e. The molecule has 25 heavy (non-hydrogen) atoms. The predicted molar refractivity (Wildman–Crippen MR) is 90.4 cm³/mol. The molecule has 3 rings (SSSR count). The lowest BCUT2D eigenvalue weighted by Crippen LogP contribution is -2.23. The molecule has 130 valence electrons. The van der Waals surface area contributed by atoms with Gasteiger partial charge in [0.2, 0.25) is 5.91 Å². The zero-order chi connectivity index (χ0) is 17.8. The molecule has 0 radical (unpaired) electrons. The van der Waals surface area contributed by atoms with E-state index in [0.29, 0.717) is 30.0 Å². The van der Waals surface area contributed by atoms with Gasteiger partial charge in [0.05, 0.1) is 6.26 Å². The summed E-state index contributed by atoms with van der Waals surface area (Å²) < 4.78 is 9.98. The van der Waals surface area contributed by atoms with Crippen LogP contribution in [-0.4, -0.2) is 30.9 Å². The lowest BCUT2D eigenvalue weighted by Gasteiger charge is -2.16. The minimum Gasteiger partial charge on any atom is -0.469 e. The lowest BCUT2D eigenvalue weighted by molar-refractivity contribution is -0.119. The highest BCUT2D eigenvalue weighted by Crippen LogP contribution is 2.23. The van der Waals surface area contributed by atoms with Gasteiger partial charge < -0.3 is 19.4 Å². The molecule has 2 heterocycles. The summed E-state index contributed by atoms with van der Waals surface area (Å²) in [6.07, 6.45) is 2.82. The topological polar surface area (TPSA) is 88.8 Å². The number of carbonyl (C=O) groups is 3. The van der Waals surface area contributed by atoms with Gasteiger partial charge in [-0.25, -0.2) is 4.79 Å². The van der Waals surface area contributed by atoms with E-state index in [-0.39, 0.29) is 5.91 Å². The van der Waals surface area contributed by atoms with E-state index >= 15 is 0 Å². The lowest BCUT2D eigenvalue weighted by atomic mass is 10.2. The van der Waals surface area contributed by atoms with Gasteiger partial charge in [0.1, 0.15) is 11.3 Å². The minimum atomic E-state index is -0.607. The summed E-state index contributed by atoms with van der Waals surface area (Å²) in [5.74, 6) is -0.500. The Bertz CT molecular complexity index is 794. The zero-order valence-electron chi connectivity index (χ0n) is 13.8. The highest BCUT2D eigenvalue weighted by Gasteiger charge is 2.21. The number of anilines is 2. The molecule has 1 aliphatic rings. The van der Waals surface area contributed by atoms with Gasteiger partial charge in [-0.05, 0) is 43.7 Å². The second kappa shape index (κ2) is 7.21. The van der Waals surface area contributed by atoms with Crippen molar-refractivity contribution in [2.75, 3.05) is 23.4 Å². The first-order chi connectivity index (χ1) is 12.0. The molecule has 1 saturated heterocycles. The van der Waals surface area contributed by atoms with Crippen LogP contribution >= 0.6 is 0 Å². The maximum atomic E-state index is 11.9. The molecule has 0 saturated carbocycles. The van der Waals surface area contributed by atoms with Crippen LogP contribution in [0.15, 0.2) is 41.0 Å². The van der Waals surface area contributed by atoms with Gasteiger partial charge in [-0.15, -0.1) is 0 Å². The van der Waals surface area contributed by atoms with Gasteiger partial charge in [0.15, 0.2) is 6.61 Å². The third kappa shape index (κ3) is 3.88. The second-order valence-electron chi connectivity index (χ2n) is 5.71. The van der Waals surface area contributed by atoms with E-state index in [9.17, 15) is 14.4 Å². The Morgan fingerprint density at radius 3 is 2.60 bits per heavy atom. The van der Waals surface area contributed by atoms with E-state index in [0.717, 1.165) is 12.1 Å². The Morgan fingerprint density at radius 2 is 2.00 bits per heavy atom. The SMILES string of the molecule is Cc1occc1C(=O)OCC(=O)Nc1ccc(N2CCCC2=O)cc1. The van der Waals surface area contributed by atoms with Crippen LogP contribution in [0.3, 0.4) is 0 Å². The van der Waals surface area contributed by atoms with E-state index in [2.05, 4.69) is 5.32 Å². The number of hydrogen-bond acceptors (Lipinski definition) is 5. The normalized spacial score (nSPS) is 13.8. The van der Waals surface area contributed by atoms with E-state index in [1.54, 1.807) is 36.1 Å². The fourth-order valence-corrected chi connectivity index (χ4v) is 2.65. The fraction of sp³-hybridized carbons (Fsp3) is 0.278. The number of carbonyl (C=O) groups excluding carboxylic acids is 3. The first-order valence-electron chi connectivity index (χ1n) is 7.96. The average Bonchev–Trinajstić information content (AvgIpc) is 3.22. The third-order valence-corrected chi connectivity index (χ3v) is 3.95. The number of nitrogens with one attached hydrogen (secondary N) is 1. The van der Waals surface area contributed by atoms with Crippen LogP contribution < -0.4 is 10.2 Å². The van der Waals surface area contributed by atoms with E-state index in [1.807, 2.05) is 0 Å². The van der Waals surface area contributed by atoms with Crippen molar-refractivity contribution in [1.29, 1.82) is 0 Å². The summed E-state index contributed by atoms with van der Waals surface area (Å²) in [4.78, 5) is 37.1. The second-order valence-corrected chi connectivity index (χ2v) is 5.71. The molecule has 1 aromatic heterocycles. The molecule has 2 aromatic rings. The van der Waals surface area contributed by atoms with Gasteiger partial charge >= 0.3 is 5.97 Å². The number of benzene rings is 1. The van der Waals surface area contributed by atoms with E-state index in [4.69, 9.17) is 9.15 Å². The Balaban J connectivity index is 1.52. The molecule has 0 unspecified atom stereocenters. The van der Waals surface area contributed by atoms with E-state index < -0.39 is 18.5 Å². The van der Waals surface area contributed by atoms with Crippen LogP contribution in [0.5, 0.6) is 0 Å². The quantitative estimate of drug-likeness (QED) is 0.844. The van der Waals surface area contributed by atoms with Crippen molar-refractivity contribution < 1.29 is 23.5 Å². The summed E-state index contributed by atoms with van der Waals surface area (Å²) in [7, 11) is 0. The number of esters is 1. The van der Waals surface area contributed by atoms with Crippen LogP contribution in [-0.2, 0) is 14.3 Å². The number of furan rings is 1. The summed E-state index contributed by atoms with van der Waals surface area (Å²) in [6, 6.07) is 8.47. The Morgan fingerprint density at radius 1 is 1.24 bits per heavy atom. The van der Waals surface area contributed by atoms with Crippen molar-refractivity contribution in [3.05, 3.63) is 47.9 Å². The monoisotopic (exact) mass is 342 g/mol. The van der Waals surface area contributed by atoms with Crippen molar-refractivity contribution in [2.24, 2.45) is 0 Å². The molecule has 7 heteroatoms. The van der Waals surface area contributed by atoms with Crippen molar-refractivity contribution in [1.82, 2.24) is 0 Å². The smallest absolute Gasteiger partial charge is 0.342 e. The minimum absolute atomic E-state index is 0.109. The maximum Gasteiger partial charge on any atom is 0.342 e. The zero-order valence-corrected chi connectivity index (χ0v) is 13.8. The molecule has 0 bridgehead atoms. The van der Waals surface area contributed by atoms with Crippen molar-refractivity contribution in [3.8, 4) is 0 Å². The molecule has 7 nitrogen and oxygen atoms in total.